The number of para-hydroxylation sites is 3. The smallest absolute Gasteiger partial charge is 0.361 e. The van der Waals surface area contributed by atoms with E-state index in [1.54, 1.807) is 6.92 Å². The molecule has 0 radical (unpaired) electrons. The fourth-order valence-corrected chi connectivity index (χ4v) is 2.42. The second-order valence-corrected chi connectivity index (χ2v) is 5.41. The van der Waals surface area contributed by atoms with Crippen molar-refractivity contribution >= 4 is 17.1 Å². The van der Waals surface area contributed by atoms with E-state index in [1.165, 1.54) is 4.80 Å². The highest BCUT2D eigenvalue weighted by Crippen LogP contribution is 2.16. The molecule has 7 heteroatoms. The molecule has 0 atom stereocenters. The van der Waals surface area contributed by atoms with Crippen molar-refractivity contribution in [3.8, 4) is 5.69 Å². The van der Waals surface area contributed by atoms with Gasteiger partial charge in [0, 0.05) is 0 Å². The third kappa shape index (κ3) is 2.99. The van der Waals surface area contributed by atoms with E-state index in [0.717, 1.165) is 11.2 Å². The standard InChI is InChI=1S/C18H14N4O3/c1-12-17(21-22(20-12)13-7-3-2-4-8-13)18(23)24-11-16-19-14-9-5-6-10-15(14)25-16/h2-10H,11H2,1H3. The van der Waals surface area contributed by atoms with Gasteiger partial charge in [0.05, 0.1) is 11.4 Å². The molecule has 0 saturated carbocycles. The Hall–Kier alpha value is -3.48. The second-order valence-electron chi connectivity index (χ2n) is 5.41. The van der Waals surface area contributed by atoms with Gasteiger partial charge in [-0.25, -0.2) is 9.78 Å². The van der Waals surface area contributed by atoms with E-state index in [0.29, 0.717) is 17.2 Å². The zero-order valence-corrected chi connectivity index (χ0v) is 13.4. The van der Waals surface area contributed by atoms with E-state index in [1.807, 2.05) is 54.6 Å². The maximum atomic E-state index is 12.3. The van der Waals surface area contributed by atoms with Gasteiger partial charge >= 0.3 is 5.97 Å². The van der Waals surface area contributed by atoms with Gasteiger partial charge in [-0.15, -0.1) is 5.10 Å². The molecule has 0 fully saturated rings. The van der Waals surface area contributed by atoms with Crippen LogP contribution in [0.3, 0.4) is 0 Å². The maximum Gasteiger partial charge on any atom is 0.361 e. The Balaban J connectivity index is 1.50. The lowest BCUT2D eigenvalue weighted by Crippen LogP contribution is -2.08. The highest BCUT2D eigenvalue weighted by molar-refractivity contribution is 5.88. The molecule has 4 rings (SSSR count). The predicted octanol–water partition coefficient (Wildman–Crippen LogP) is 3.07. The fourth-order valence-electron chi connectivity index (χ4n) is 2.42. The maximum absolute atomic E-state index is 12.3. The third-order valence-electron chi connectivity index (χ3n) is 3.63. The number of aromatic nitrogens is 4. The van der Waals surface area contributed by atoms with Gasteiger partial charge in [0.15, 0.2) is 17.9 Å². The van der Waals surface area contributed by atoms with Crippen LogP contribution in [-0.4, -0.2) is 25.9 Å². The van der Waals surface area contributed by atoms with Crippen LogP contribution in [0.5, 0.6) is 0 Å². The monoisotopic (exact) mass is 334 g/mol. The van der Waals surface area contributed by atoms with Gasteiger partial charge in [0.1, 0.15) is 5.52 Å². The molecule has 0 bridgehead atoms. The summed E-state index contributed by atoms with van der Waals surface area (Å²) in [6.45, 7) is 1.65. The molecule has 2 aromatic heterocycles. The van der Waals surface area contributed by atoms with Crippen LogP contribution in [0, 0.1) is 6.92 Å². The lowest BCUT2D eigenvalue weighted by molar-refractivity contribution is 0.0432. The molecule has 25 heavy (non-hydrogen) atoms. The molecule has 0 aliphatic rings. The van der Waals surface area contributed by atoms with Crippen LogP contribution in [0.25, 0.3) is 16.8 Å². The number of fused-ring (bicyclic) bond motifs is 1. The Morgan fingerprint density at radius 2 is 1.84 bits per heavy atom. The van der Waals surface area contributed by atoms with E-state index in [-0.39, 0.29) is 12.3 Å². The van der Waals surface area contributed by atoms with Gasteiger partial charge in [0.2, 0.25) is 5.89 Å². The Bertz CT molecular complexity index is 1000. The van der Waals surface area contributed by atoms with Crippen LogP contribution in [0.2, 0.25) is 0 Å². The van der Waals surface area contributed by atoms with Crippen LogP contribution < -0.4 is 0 Å². The average molecular weight is 334 g/mol. The first-order valence-electron chi connectivity index (χ1n) is 7.71. The van der Waals surface area contributed by atoms with E-state index in [2.05, 4.69) is 15.2 Å². The normalized spacial score (nSPS) is 10.9. The van der Waals surface area contributed by atoms with Gasteiger partial charge in [0.25, 0.3) is 0 Å². The topological polar surface area (TPSA) is 83.0 Å². The molecular formula is C18H14N4O3. The predicted molar refractivity (Wildman–Crippen MR) is 89.2 cm³/mol. The zero-order valence-electron chi connectivity index (χ0n) is 13.4. The minimum absolute atomic E-state index is 0.0643. The molecule has 124 valence electrons. The molecule has 4 aromatic rings. The average Bonchev–Trinajstić information content (AvgIpc) is 3.23. The van der Waals surface area contributed by atoms with Crippen LogP contribution in [-0.2, 0) is 11.3 Å². The summed E-state index contributed by atoms with van der Waals surface area (Å²) in [5.41, 5.74) is 2.80. The third-order valence-corrected chi connectivity index (χ3v) is 3.63. The number of hydrogen-bond donors (Lipinski definition) is 0. The molecular weight excluding hydrogens is 320 g/mol. The number of hydrogen-bond acceptors (Lipinski definition) is 6. The van der Waals surface area contributed by atoms with E-state index in [9.17, 15) is 4.79 Å². The molecule has 0 amide bonds. The highest BCUT2D eigenvalue weighted by atomic mass is 16.5. The molecule has 0 spiro atoms. The first-order chi connectivity index (χ1) is 12.2. The Morgan fingerprint density at radius 3 is 2.64 bits per heavy atom. The molecule has 2 aromatic carbocycles. The molecule has 0 saturated heterocycles. The lowest BCUT2D eigenvalue weighted by Gasteiger charge is -1.99. The number of carbonyl (C=O) groups is 1. The number of carbonyl (C=O) groups excluding carboxylic acids is 1. The van der Waals surface area contributed by atoms with E-state index >= 15 is 0 Å². The summed E-state index contributed by atoms with van der Waals surface area (Å²) in [7, 11) is 0. The van der Waals surface area contributed by atoms with Crippen molar-refractivity contribution in [3.63, 3.8) is 0 Å². The minimum Gasteiger partial charge on any atom is -0.451 e. The van der Waals surface area contributed by atoms with E-state index in [4.69, 9.17) is 9.15 Å². The summed E-state index contributed by atoms with van der Waals surface area (Å²) >= 11 is 0. The van der Waals surface area contributed by atoms with Crippen LogP contribution >= 0.6 is 0 Å². The van der Waals surface area contributed by atoms with Gasteiger partial charge in [-0.05, 0) is 31.2 Å². The molecule has 0 aliphatic carbocycles. The van der Waals surface area contributed by atoms with Crippen molar-refractivity contribution in [2.75, 3.05) is 0 Å². The van der Waals surface area contributed by atoms with Crippen molar-refractivity contribution < 1.29 is 13.9 Å². The quantitative estimate of drug-likeness (QED) is 0.533. The number of nitrogens with zero attached hydrogens (tertiary/aromatic N) is 4. The number of benzene rings is 2. The summed E-state index contributed by atoms with van der Waals surface area (Å²) < 4.78 is 10.8. The van der Waals surface area contributed by atoms with E-state index < -0.39 is 5.97 Å². The van der Waals surface area contributed by atoms with Crippen LogP contribution in [0.1, 0.15) is 22.1 Å². The Kier molecular flexibility index (Phi) is 3.74. The SMILES string of the molecule is Cc1nn(-c2ccccc2)nc1C(=O)OCc1nc2ccccc2o1. The van der Waals surface area contributed by atoms with Gasteiger partial charge in [-0.1, -0.05) is 30.3 Å². The number of rotatable bonds is 4. The van der Waals surface area contributed by atoms with Crippen LogP contribution in [0.15, 0.2) is 59.0 Å². The number of ether oxygens (including phenoxy) is 1. The number of aryl methyl sites for hydroxylation is 1. The molecule has 0 N–H and O–H groups in total. The Morgan fingerprint density at radius 1 is 1.08 bits per heavy atom. The molecule has 7 nitrogen and oxygen atoms in total. The van der Waals surface area contributed by atoms with Crippen molar-refractivity contribution in [3.05, 3.63) is 71.9 Å². The summed E-state index contributed by atoms with van der Waals surface area (Å²) in [6, 6.07) is 16.7. The van der Waals surface area contributed by atoms with Crippen molar-refractivity contribution in [2.24, 2.45) is 0 Å². The highest BCUT2D eigenvalue weighted by Gasteiger charge is 2.19. The largest absolute Gasteiger partial charge is 0.451 e. The summed E-state index contributed by atoms with van der Waals surface area (Å²) in [5.74, 6) is -0.232. The molecule has 2 heterocycles. The number of oxazole rings is 1. The minimum atomic E-state index is -0.568. The molecule has 0 aliphatic heterocycles. The number of esters is 1. The second kappa shape index (κ2) is 6.20. The Labute approximate surface area is 142 Å². The van der Waals surface area contributed by atoms with Gasteiger partial charge in [-0.2, -0.15) is 9.90 Å². The van der Waals surface area contributed by atoms with Crippen LogP contribution in [0.4, 0.5) is 0 Å². The lowest BCUT2D eigenvalue weighted by atomic mass is 10.3. The van der Waals surface area contributed by atoms with Crippen molar-refractivity contribution in [1.82, 2.24) is 20.0 Å². The van der Waals surface area contributed by atoms with Gasteiger partial charge < -0.3 is 9.15 Å². The summed E-state index contributed by atoms with van der Waals surface area (Å²) in [5, 5.41) is 8.47. The summed E-state index contributed by atoms with van der Waals surface area (Å²) in [4.78, 5) is 18.0. The molecule has 0 unspecified atom stereocenters. The first kappa shape index (κ1) is 15.1. The van der Waals surface area contributed by atoms with Crippen molar-refractivity contribution in [2.45, 2.75) is 13.5 Å². The van der Waals surface area contributed by atoms with Crippen molar-refractivity contribution in [1.29, 1.82) is 0 Å². The zero-order chi connectivity index (χ0) is 17.2. The summed E-state index contributed by atoms with van der Waals surface area (Å²) in [6.07, 6.45) is 0. The first-order valence-corrected chi connectivity index (χ1v) is 7.71. The van der Waals surface area contributed by atoms with Gasteiger partial charge in [-0.3, -0.25) is 0 Å². The fraction of sp³-hybridized carbons (Fsp3) is 0.111.